The van der Waals surface area contributed by atoms with Crippen LogP contribution < -0.4 is 10.8 Å². The summed E-state index contributed by atoms with van der Waals surface area (Å²) in [6, 6.07) is 8.67. The van der Waals surface area contributed by atoms with Crippen LogP contribution in [0.2, 0.25) is 0 Å². The minimum absolute atomic E-state index is 0.281. The summed E-state index contributed by atoms with van der Waals surface area (Å²) in [6.45, 7) is 2.30. The predicted molar refractivity (Wildman–Crippen MR) is 114 cm³/mol. The van der Waals surface area contributed by atoms with Crippen molar-refractivity contribution in [2.24, 2.45) is 5.92 Å². The van der Waals surface area contributed by atoms with E-state index in [-0.39, 0.29) is 12.3 Å². The van der Waals surface area contributed by atoms with Crippen LogP contribution in [0.1, 0.15) is 39.0 Å². The molecule has 9 nitrogen and oxygen atoms in total. The second kappa shape index (κ2) is 10.3. The Morgan fingerprint density at radius 3 is 2.81 bits per heavy atom. The van der Waals surface area contributed by atoms with Crippen molar-refractivity contribution in [3.05, 3.63) is 36.5 Å². The van der Waals surface area contributed by atoms with Crippen molar-refractivity contribution in [1.82, 2.24) is 15.4 Å². The van der Waals surface area contributed by atoms with E-state index in [9.17, 15) is 19.5 Å². The van der Waals surface area contributed by atoms with Crippen LogP contribution in [0.15, 0.2) is 36.5 Å². The van der Waals surface area contributed by atoms with E-state index in [4.69, 9.17) is 5.21 Å². The maximum absolute atomic E-state index is 13.2. The third-order valence-corrected chi connectivity index (χ3v) is 5.64. The summed E-state index contributed by atoms with van der Waals surface area (Å²) in [5, 5.41) is 22.8. The van der Waals surface area contributed by atoms with E-state index in [1.807, 2.05) is 37.3 Å². The number of aliphatic hydroxyl groups excluding tert-OH is 1. The van der Waals surface area contributed by atoms with Crippen LogP contribution >= 0.6 is 0 Å². The number of anilines is 1. The Labute approximate surface area is 180 Å². The summed E-state index contributed by atoms with van der Waals surface area (Å²) in [5.41, 5.74) is 2.75. The van der Waals surface area contributed by atoms with Crippen LogP contribution in [0.4, 0.5) is 5.69 Å². The van der Waals surface area contributed by atoms with E-state index in [0.29, 0.717) is 31.5 Å². The van der Waals surface area contributed by atoms with Crippen molar-refractivity contribution >= 4 is 34.3 Å². The number of nitrogens with one attached hydrogen (secondary N) is 2. The van der Waals surface area contributed by atoms with Gasteiger partial charge in [0.05, 0.1) is 23.3 Å². The fourth-order valence-corrected chi connectivity index (χ4v) is 3.97. The maximum Gasteiger partial charge on any atom is 0.272 e. The number of hydrogen-bond acceptors (Lipinski definition) is 6. The zero-order chi connectivity index (χ0) is 22.4. The number of pyridine rings is 1. The monoisotopic (exact) mass is 428 g/mol. The minimum Gasteiger partial charge on any atom is -0.382 e. The number of aromatic nitrogens is 1. The second-order valence-electron chi connectivity index (χ2n) is 7.77. The summed E-state index contributed by atoms with van der Waals surface area (Å²) in [7, 11) is 0. The number of carbonyl (C=O) groups excluding carboxylic acids is 3. The first-order chi connectivity index (χ1) is 15.0. The number of rotatable bonds is 8. The van der Waals surface area contributed by atoms with Crippen molar-refractivity contribution in [2.45, 2.75) is 51.2 Å². The SMILES string of the molecule is CCCCC(C(=O)N1CCC[C@H]1C(=O)Nc1cnc2ccccc2c1)C(O)C(=O)NO. The minimum atomic E-state index is -1.68. The van der Waals surface area contributed by atoms with Gasteiger partial charge in [0.2, 0.25) is 11.8 Å². The molecule has 1 aliphatic heterocycles. The Kier molecular flexibility index (Phi) is 7.54. The van der Waals surface area contributed by atoms with Gasteiger partial charge in [0.25, 0.3) is 5.91 Å². The van der Waals surface area contributed by atoms with Crippen LogP contribution in [-0.2, 0) is 14.4 Å². The highest BCUT2D eigenvalue weighted by Crippen LogP contribution is 2.26. The number of carbonyl (C=O) groups is 3. The molecule has 1 fully saturated rings. The average Bonchev–Trinajstić information content (AvgIpc) is 3.28. The van der Waals surface area contributed by atoms with Gasteiger partial charge in [-0.3, -0.25) is 24.6 Å². The zero-order valence-corrected chi connectivity index (χ0v) is 17.5. The lowest BCUT2D eigenvalue weighted by atomic mass is 9.93. The molecule has 1 aromatic carbocycles. The van der Waals surface area contributed by atoms with Crippen LogP contribution in [0, 0.1) is 5.92 Å². The summed E-state index contributed by atoms with van der Waals surface area (Å²) >= 11 is 0. The van der Waals surface area contributed by atoms with Crippen molar-refractivity contribution in [3.8, 4) is 0 Å². The lowest BCUT2D eigenvalue weighted by Gasteiger charge is -2.30. The molecule has 0 aliphatic carbocycles. The molecule has 0 saturated carbocycles. The molecule has 166 valence electrons. The number of nitrogens with zero attached hydrogens (tertiary/aromatic N) is 2. The van der Waals surface area contributed by atoms with Crippen molar-refractivity contribution < 1.29 is 24.7 Å². The maximum atomic E-state index is 13.2. The van der Waals surface area contributed by atoms with Crippen molar-refractivity contribution in [1.29, 1.82) is 0 Å². The molecule has 1 aromatic heterocycles. The number of hydrogen-bond donors (Lipinski definition) is 4. The van der Waals surface area contributed by atoms with E-state index < -0.39 is 29.9 Å². The van der Waals surface area contributed by atoms with E-state index in [1.165, 1.54) is 10.4 Å². The highest BCUT2D eigenvalue weighted by molar-refractivity contribution is 5.99. The Hall–Kier alpha value is -3.04. The molecular formula is C22H28N4O5. The first kappa shape index (κ1) is 22.6. The van der Waals surface area contributed by atoms with Gasteiger partial charge in [0.1, 0.15) is 12.1 Å². The summed E-state index contributed by atoms with van der Waals surface area (Å²) < 4.78 is 0. The number of hydroxylamine groups is 1. The van der Waals surface area contributed by atoms with Gasteiger partial charge in [-0.15, -0.1) is 0 Å². The molecule has 3 atom stereocenters. The largest absolute Gasteiger partial charge is 0.382 e. The number of likely N-dealkylation sites (tertiary alicyclic amines) is 1. The summed E-state index contributed by atoms with van der Waals surface area (Å²) in [4.78, 5) is 43.6. The zero-order valence-electron chi connectivity index (χ0n) is 17.5. The number of unbranched alkanes of at least 4 members (excludes halogenated alkanes) is 1. The summed E-state index contributed by atoms with van der Waals surface area (Å²) in [5.74, 6) is -2.85. The van der Waals surface area contributed by atoms with E-state index >= 15 is 0 Å². The molecule has 9 heteroatoms. The Balaban J connectivity index is 1.74. The average molecular weight is 428 g/mol. The van der Waals surface area contributed by atoms with Crippen molar-refractivity contribution in [2.75, 3.05) is 11.9 Å². The van der Waals surface area contributed by atoms with Gasteiger partial charge in [-0.25, -0.2) is 5.48 Å². The van der Waals surface area contributed by atoms with Crippen LogP contribution in [0.25, 0.3) is 10.9 Å². The fraction of sp³-hybridized carbons (Fsp3) is 0.455. The quantitative estimate of drug-likeness (QED) is 0.375. The first-order valence-corrected chi connectivity index (χ1v) is 10.5. The standard InChI is InChI=1S/C22H28N4O5/c1-2-3-8-16(19(27)21(29)25-31)22(30)26-11-6-10-18(26)20(28)24-15-12-14-7-4-5-9-17(14)23-13-15/h4-5,7,9,12-13,16,18-19,27,31H,2-3,6,8,10-11H2,1H3,(H,24,28)(H,25,29)/t16?,18-,19?/m0/s1. The molecule has 31 heavy (non-hydrogen) atoms. The molecular weight excluding hydrogens is 400 g/mol. The van der Waals surface area contributed by atoms with Crippen molar-refractivity contribution in [3.63, 3.8) is 0 Å². The van der Waals surface area contributed by atoms with Gasteiger partial charge in [-0.2, -0.15) is 0 Å². The number of aliphatic hydroxyl groups is 1. The topological polar surface area (TPSA) is 132 Å². The van der Waals surface area contributed by atoms with E-state index in [1.54, 1.807) is 6.20 Å². The highest BCUT2D eigenvalue weighted by Gasteiger charge is 2.41. The van der Waals surface area contributed by atoms with Crippen LogP contribution in [0.3, 0.4) is 0 Å². The molecule has 0 radical (unpaired) electrons. The van der Waals surface area contributed by atoms with Gasteiger partial charge < -0.3 is 15.3 Å². The molecule has 0 spiro atoms. The van der Waals surface area contributed by atoms with Gasteiger partial charge in [-0.05, 0) is 31.4 Å². The van der Waals surface area contributed by atoms with E-state index in [0.717, 1.165) is 17.3 Å². The smallest absolute Gasteiger partial charge is 0.272 e. The molecule has 0 bridgehead atoms. The Morgan fingerprint density at radius 1 is 1.29 bits per heavy atom. The predicted octanol–water partition coefficient (Wildman–Crippen LogP) is 1.84. The molecule has 2 aromatic rings. The summed E-state index contributed by atoms with van der Waals surface area (Å²) in [6.07, 6.45) is 2.70. The Bertz CT molecular complexity index is 950. The normalized spacial score (nSPS) is 17.9. The van der Waals surface area contributed by atoms with Gasteiger partial charge in [-0.1, -0.05) is 38.0 Å². The lowest BCUT2D eigenvalue weighted by molar-refractivity contribution is -0.152. The van der Waals surface area contributed by atoms with Gasteiger partial charge in [0, 0.05) is 11.9 Å². The molecule has 1 saturated heterocycles. The molecule has 4 N–H and O–H groups in total. The fourth-order valence-electron chi connectivity index (χ4n) is 3.97. The molecule has 2 heterocycles. The molecule has 3 amide bonds. The van der Waals surface area contributed by atoms with Gasteiger partial charge in [0.15, 0.2) is 0 Å². The molecule has 1 aliphatic rings. The molecule has 2 unspecified atom stereocenters. The second-order valence-corrected chi connectivity index (χ2v) is 7.77. The Morgan fingerprint density at radius 2 is 2.06 bits per heavy atom. The number of amides is 3. The third-order valence-electron chi connectivity index (χ3n) is 5.64. The third kappa shape index (κ3) is 5.18. The first-order valence-electron chi connectivity index (χ1n) is 10.5. The highest BCUT2D eigenvalue weighted by atomic mass is 16.5. The van der Waals surface area contributed by atoms with Crippen LogP contribution in [0.5, 0.6) is 0 Å². The number of fused-ring (bicyclic) bond motifs is 1. The lowest BCUT2D eigenvalue weighted by Crippen LogP contribution is -2.50. The van der Waals surface area contributed by atoms with Crippen LogP contribution in [-0.4, -0.2) is 56.6 Å². The molecule has 3 rings (SSSR count). The van der Waals surface area contributed by atoms with E-state index in [2.05, 4.69) is 10.3 Å². The number of para-hydroxylation sites is 1. The number of benzene rings is 1. The van der Waals surface area contributed by atoms with Gasteiger partial charge >= 0.3 is 0 Å².